The predicted octanol–water partition coefficient (Wildman–Crippen LogP) is 5.40. The summed E-state index contributed by atoms with van der Waals surface area (Å²) in [6.45, 7) is 7.52. The highest BCUT2D eigenvalue weighted by Gasteiger charge is 2.20. The molecule has 0 atom stereocenters. The standard InChI is InChI=1S/C26H31N3O3S/c1-4-7-8-11-19-33(31,32)28-25-15-10-9-14-23(25)26(30)24-20-22(29(5-2)6-3)17-16-21(24)13-12-18-27/h4,7,9-10,12-17,20,28H,5-6,8,11,19H2,1-3H3. The molecule has 1 N–H and O–H groups in total. The van der Waals surface area contributed by atoms with Crippen LogP contribution in [-0.4, -0.2) is 33.0 Å². The predicted molar refractivity (Wildman–Crippen MR) is 136 cm³/mol. The van der Waals surface area contributed by atoms with E-state index in [1.165, 1.54) is 6.08 Å². The lowest BCUT2D eigenvalue weighted by molar-refractivity contribution is 0.103. The number of rotatable bonds is 12. The topological polar surface area (TPSA) is 90.3 Å². The maximum atomic E-state index is 13.6. The van der Waals surface area contributed by atoms with E-state index in [1.54, 1.807) is 36.4 Å². The second-order valence-electron chi connectivity index (χ2n) is 7.41. The fourth-order valence-corrected chi connectivity index (χ4v) is 4.65. The Hall–Kier alpha value is -3.37. The van der Waals surface area contributed by atoms with Crippen molar-refractivity contribution in [2.45, 2.75) is 33.6 Å². The first-order valence-electron chi connectivity index (χ1n) is 11.1. The van der Waals surface area contributed by atoms with Gasteiger partial charge in [-0.15, -0.1) is 0 Å². The van der Waals surface area contributed by atoms with Crippen molar-refractivity contribution in [3.8, 4) is 6.07 Å². The van der Waals surface area contributed by atoms with Crippen LogP contribution in [0.4, 0.5) is 11.4 Å². The highest BCUT2D eigenvalue weighted by Crippen LogP contribution is 2.27. The van der Waals surface area contributed by atoms with Crippen molar-refractivity contribution in [2.24, 2.45) is 0 Å². The number of nitriles is 1. The maximum absolute atomic E-state index is 13.6. The molecule has 0 amide bonds. The van der Waals surface area contributed by atoms with Crippen LogP contribution in [0.5, 0.6) is 0 Å². The summed E-state index contributed by atoms with van der Waals surface area (Å²) in [7, 11) is -3.61. The number of benzene rings is 2. The minimum absolute atomic E-state index is 0.0343. The van der Waals surface area contributed by atoms with E-state index in [9.17, 15) is 13.2 Å². The Labute approximate surface area is 197 Å². The number of nitrogens with one attached hydrogen (secondary N) is 1. The lowest BCUT2D eigenvalue weighted by Crippen LogP contribution is -2.22. The van der Waals surface area contributed by atoms with Crippen LogP contribution in [0.25, 0.3) is 6.08 Å². The van der Waals surface area contributed by atoms with Gasteiger partial charge in [0, 0.05) is 36.0 Å². The zero-order chi connectivity index (χ0) is 24.3. The Morgan fingerprint density at radius 1 is 1.12 bits per heavy atom. The molecule has 33 heavy (non-hydrogen) atoms. The first-order valence-corrected chi connectivity index (χ1v) is 12.7. The number of unbranched alkanes of at least 4 members (excludes halogenated alkanes) is 1. The smallest absolute Gasteiger partial charge is 0.232 e. The van der Waals surface area contributed by atoms with E-state index < -0.39 is 10.0 Å². The summed E-state index contributed by atoms with van der Waals surface area (Å²) in [5.41, 5.74) is 2.40. The van der Waals surface area contributed by atoms with Crippen molar-refractivity contribution in [1.82, 2.24) is 0 Å². The second kappa shape index (κ2) is 12.6. The summed E-state index contributed by atoms with van der Waals surface area (Å²) in [6, 6.07) is 14.1. The van der Waals surface area contributed by atoms with Crippen molar-refractivity contribution in [3.05, 3.63) is 77.4 Å². The number of para-hydroxylation sites is 1. The molecule has 0 heterocycles. The highest BCUT2D eigenvalue weighted by atomic mass is 32.2. The zero-order valence-corrected chi connectivity index (χ0v) is 20.2. The summed E-state index contributed by atoms with van der Waals surface area (Å²) in [6.07, 6.45) is 7.89. The van der Waals surface area contributed by atoms with E-state index >= 15 is 0 Å². The van der Waals surface area contributed by atoms with Gasteiger partial charge in [0.15, 0.2) is 5.78 Å². The number of carbonyl (C=O) groups is 1. The van der Waals surface area contributed by atoms with E-state index in [-0.39, 0.29) is 22.8 Å². The molecule has 0 spiro atoms. The van der Waals surface area contributed by atoms with Crippen LogP contribution in [0.3, 0.4) is 0 Å². The van der Waals surface area contributed by atoms with Gasteiger partial charge in [0.1, 0.15) is 0 Å². The van der Waals surface area contributed by atoms with Crippen LogP contribution in [-0.2, 0) is 10.0 Å². The van der Waals surface area contributed by atoms with Gasteiger partial charge in [-0.05, 0) is 69.5 Å². The van der Waals surface area contributed by atoms with Crippen LogP contribution in [0.1, 0.15) is 55.1 Å². The largest absolute Gasteiger partial charge is 0.372 e. The molecule has 0 fully saturated rings. The lowest BCUT2D eigenvalue weighted by atomic mass is 9.96. The van der Waals surface area contributed by atoms with Crippen LogP contribution in [0.15, 0.2) is 60.7 Å². The first kappa shape index (κ1) is 25.9. The normalized spacial score (nSPS) is 11.6. The van der Waals surface area contributed by atoms with Gasteiger partial charge in [-0.3, -0.25) is 9.52 Å². The van der Waals surface area contributed by atoms with Crippen LogP contribution < -0.4 is 9.62 Å². The fourth-order valence-electron chi connectivity index (χ4n) is 3.49. The highest BCUT2D eigenvalue weighted by molar-refractivity contribution is 7.92. The SMILES string of the molecule is CC=CCCCS(=O)(=O)Nc1ccccc1C(=O)c1cc(N(CC)CC)ccc1C=CC#N. The summed E-state index contributed by atoms with van der Waals surface area (Å²) in [5, 5.41) is 8.96. The number of hydrogen-bond acceptors (Lipinski definition) is 5. The van der Waals surface area contributed by atoms with Gasteiger partial charge in [0.25, 0.3) is 0 Å². The zero-order valence-electron chi connectivity index (χ0n) is 19.4. The van der Waals surface area contributed by atoms with Crippen molar-refractivity contribution in [2.75, 3.05) is 28.5 Å². The number of ketones is 1. The Morgan fingerprint density at radius 2 is 1.85 bits per heavy atom. The van der Waals surface area contributed by atoms with E-state index in [0.717, 1.165) is 18.8 Å². The molecule has 7 heteroatoms. The van der Waals surface area contributed by atoms with Crippen molar-refractivity contribution in [1.29, 1.82) is 5.26 Å². The molecule has 0 saturated carbocycles. The molecule has 0 aliphatic heterocycles. The quantitative estimate of drug-likeness (QED) is 0.196. The monoisotopic (exact) mass is 465 g/mol. The van der Waals surface area contributed by atoms with Crippen molar-refractivity contribution < 1.29 is 13.2 Å². The number of carbonyl (C=O) groups excluding carboxylic acids is 1. The Bertz CT molecular complexity index is 1160. The van der Waals surface area contributed by atoms with E-state index in [1.807, 2.05) is 51.1 Å². The molecule has 0 bridgehead atoms. The molecule has 0 saturated heterocycles. The number of allylic oxidation sites excluding steroid dienone is 3. The fraction of sp³-hybridized carbons (Fsp3) is 0.308. The molecular weight excluding hydrogens is 434 g/mol. The molecule has 0 unspecified atom stereocenters. The molecule has 6 nitrogen and oxygen atoms in total. The van der Waals surface area contributed by atoms with E-state index in [4.69, 9.17) is 5.26 Å². The third-order valence-electron chi connectivity index (χ3n) is 5.20. The minimum atomic E-state index is -3.61. The van der Waals surface area contributed by atoms with Gasteiger partial charge in [-0.1, -0.05) is 30.4 Å². The van der Waals surface area contributed by atoms with Crippen LogP contribution >= 0.6 is 0 Å². The van der Waals surface area contributed by atoms with E-state index in [2.05, 4.69) is 9.62 Å². The minimum Gasteiger partial charge on any atom is -0.372 e. The third kappa shape index (κ3) is 7.33. The average Bonchev–Trinajstić information content (AvgIpc) is 2.81. The van der Waals surface area contributed by atoms with Gasteiger partial charge in [0.2, 0.25) is 10.0 Å². The average molecular weight is 466 g/mol. The van der Waals surface area contributed by atoms with Gasteiger partial charge >= 0.3 is 0 Å². The van der Waals surface area contributed by atoms with Gasteiger partial charge in [-0.25, -0.2) is 8.42 Å². The summed E-state index contributed by atoms with van der Waals surface area (Å²) >= 11 is 0. The molecule has 0 aromatic heterocycles. The van der Waals surface area contributed by atoms with Gasteiger partial charge in [0.05, 0.1) is 17.5 Å². The molecule has 0 aliphatic carbocycles. The summed E-state index contributed by atoms with van der Waals surface area (Å²) in [4.78, 5) is 15.7. The number of hydrogen-bond donors (Lipinski definition) is 1. The molecule has 2 aromatic carbocycles. The lowest BCUT2D eigenvalue weighted by Gasteiger charge is -2.22. The number of nitrogens with zero attached hydrogens (tertiary/aromatic N) is 2. The van der Waals surface area contributed by atoms with Crippen molar-refractivity contribution >= 4 is 33.3 Å². The summed E-state index contributed by atoms with van der Waals surface area (Å²) in [5.74, 6) is -0.346. The summed E-state index contributed by atoms with van der Waals surface area (Å²) < 4.78 is 27.8. The second-order valence-corrected chi connectivity index (χ2v) is 9.26. The molecule has 0 radical (unpaired) electrons. The molecule has 2 aromatic rings. The Kier molecular flexibility index (Phi) is 9.89. The molecule has 174 valence electrons. The molecule has 2 rings (SSSR count). The van der Waals surface area contributed by atoms with Crippen molar-refractivity contribution in [3.63, 3.8) is 0 Å². The maximum Gasteiger partial charge on any atom is 0.232 e. The third-order valence-corrected chi connectivity index (χ3v) is 6.56. The van der Waals surface area contributed by atoms with Gasteiger partial charge < -0.3 is 4.90 Å². The number of sulfonamides is 1. The number of anilines is 2. The molecular formula is C26H31N3O3S. The van der Waals surface area contributed by atoms with Gasteiger partial charge in [-0.2, -0.15) is 5.26 Å². The Balaban J connectivity index is 2.46. The molecule has 0 aliphatic rings. The van der Waals surface area contributed by atoms with E-state index in [0.29, 0.717) is 24.0 Å². The first-order chi connectivity index (χ1) is 15.9. The van der Waals surface area contributed by atoms with Crippen LogP contribution in [0.2, 0.25) is 0 Å². The van der Waals surface area contributed by atoms with Crippen LogP contribution in [0, 0.1) is 11.3 Å². The Morgan fingerprint density at radius 3 is 2.52 bits per heavy atom.